The minimum Gasteiger partial charge on any atom is -0.346 e. The van der Waals surface area contributed by atoms with Crippen LogP contribution < -0.4 is 21.3 Å². The Balaban J connectivity index is 0. The molecular formula is C37H61N5O5. The molecule has 3 unspecified atom stereocenters. The van der Waals surface area contributed by atoms with E-state index < -0.39 is 41.8 Å². The van der Waals surface area contributed by atoms with E-state index in [1.807, 2.05) is 65.8 Å². The summed E-state index contributed by atoms with van der Waals surface area (Å²) in [6.07, 6.45) is 10.5. The quantitative estimate of drug-likeness (QED) is 0.152. The van der Waals surface area contributed by atoms with Crippen LogP contribution in [-0.4, -0.2) is 72.7 Å². The molecule has 3 atom stereocenters. The van der Waals surface area contributed by atoms with Crippen molar-refractivity contribution in [1.29, 1.82) is 0 Å². The lowest BCUT2D eigenvalue weighted by Crippen LogP contribution is -2.58. The number of likely N-dealkylation sites (tertiary alicyclic amines) is 1. The first-order chi connectivity index (χ1) is 22.7. The van der Waals surface area contributed by atoms with Gasteiger partial charge in [0.1, 0.15) is 12.1 Å². The van der Waals surface area contributed by atoms with Gasteiger partial charge in [0.2, 0.25) is 17.6 Å². The molecule has 1 aromatic rings. The monoisotopic (exact) mass is 655 g/mol. The number of terminal acetylenes is 1. The van der Waals surface area contributed by atoms with E-state index in [2.05, 4.69) is 47.6 Å². The molecule has 1 saturated heterocycles. The number of carbonyl (C=O) groups excluding carboxylic acids is 5. The van der Waals surface area contributed by atoms with Gasteiger partial charge in [0.15, 0.2) is 0 Å². The van der Waals surface area contributed by atoms with E-state index in [1.165, 1.54) is 24.4 Å². The number of ketones is 1. The van der Waals surface area contributed by atoms with Gasteiger partial charge in [0, 0.05) is 26.6 Å². The average molecular weight is 656 g/mol. The number of nitrogens with zero attached hydrogens (tertiary/aromatic N) is 1. The number of nitrogens with one attached hydrogen (secondary N) is 4. The van der Waals surface area contributed by atoms with Gasteiger partial charge >= 0.3 is 6.03 Å². The van der Waals surface area contributed by atoms with E-state index in [1.54, 1.807) is 0 Å². The zero-order chi connectivity index (χ0) is 36.4. The number of hydrogen-bond acceptors (Lipinski definition) is 5. The van der Waals surface area contributed by atoms with Crippen LogP contribution in [0.25, 0.3) is 0 Å². The largest absolute Gasteiger partial charge is 0.346 e. The highest BCUT2D eigenvalue weighted by molar-refractivity contribution is 6.38. The fourth-order valence-electron chi connectivity index (χ4n) is 5.08. The minimum atomic E-state index is -1.12. The van der Waals surface area contributed by atoms with Crippen molar-refractivity contribution in [3.63, 3.8) is 0 Å². The van der Waals surface area contributed by atoms with Gasteiger partial charge in [-0.25, -0.2) is 4.79 Å². The SMILES string of the molecule is C#CCCC(NC(=O)C1CCCN1C(=O)C(NC(=O)NC)C1Cc2ccccc2C1)C(=O)C(=O)NCC=C.CC.CC.CC.CCC. The molecule has 1 fully saturated rings. The standard InChI is InChI=1S/C28H35N5O5.C3H8.3C2H6/c1-4-6-12-21(24(34)26(36)30-14-5-2)31-25(35)22-13-9-15-33(22)27(37)23(32-28(38)29-3)20-16-18-10-7-8-11-19(18)17-20;1-3-2;3*1-2/h1,5,7-8,10-11,20-23H,2,6,9,12-17H2,3H3,(H,30,36)(H,31,35)(H2,29,32,38);3H2,1-2H3;3*1-2H3. The lowest BCUT2D eigenvalue weighted by atomic mass is 9.95. The summed E-state index contributed by atoms with van der Waals surface area (Å²) >= 11 is 0. The Kier molecular flexibility index (Phi) is 25.9. The smallest absolute Gasteiger partial charge is 0.315 e. The van der Waals surface area contributed by atoms with Gasteiger partial charge in [-0.05, 0) is 49.1 Å². The number of carbonyl (C=O) groups is 5. The van der Waals surface area contributed by atoms with E-state index in [4.69, 9.17) is 6.42 Å². The molecular weight excluding hydrogens is 594 g/mol. The van der Waals surface area contributed by atoms with Crippen LogP contribution in [0.1, 0.15) is 98.6 Å². The van der Waals surface area contributed by atoms with Gasteiger partial charge in [-0.1, -0.05) is 92.2 Å². The summed E-state index contributed by atoms with van der Waals surface area (Å²) in [5.41, 5.74) is 2.27. The van der Waals surface area contributed by atoms with Gasteiger partial charge < -0.3 is 26.2 Å². The molecule has 1 heterocycles. The van der Waals surface area contributed by atoms with Gasteiger partial charge in [0.05, 0.1) is 6.04 Å². The van der Waals surface area contributed by atoms with Crippen LogP contribution in [0.15, 0.2) is 36.9 Å². The third-order valence-electron chi connectivity index (χ3n) is 7.01. The second-order valence-electron chi connectivity index (χ2n) is 10.2. The van der Waals surface area contributed by atoms with E-state index in [0.717, 1.165) is 11.1 Å². The van der Waals surface area contributed by atoms with Crippen molar-refractivity contribution in [2.45, 2.75) is 118 Å². The maximum absolute atomic E-state index is 13.8. The second-order valence-corrected chi connectivity index (χ2v) is 10.2. The summed E-state index contributed by atoms with van der Waals surface area (Å²) in [7, 11) is 1.48. The van der Waals surface area contributed by atoms with E-state index in [9.17, 15) is 24.0 Å². The van der Waals surface area contributed by atoms with Gasteiger partial charge in [-0.2, -0.15) is 0 Å². The van der Waals surface area contributed by atoms with Crippen LogP contribution in [0.2, 0.25) is 0 Å². The number of amides is 5. The summed E-state index contributed by atoms with van der Waals surface area (Å²) in [5, 5.41) is 10.4. The number of hydrogen-bond donors (Lipinski definition) is 4. The predicted molar refractivity (Wildman–Crippen MR) is 192 cm³/mol. The van der Waals surface area contributed by atoms with Crippen molar-refractivity contribution in [2.75, 3.05) is 20.1 Å². The first-order valence-electron chi connectivity index (χ1n) is 17.2. The highest BCUT2D eigenvalue weighted by Crippen LogP contribution is 2.31. The van der Waals surface area contributed by atoms with Crippen LogP contribution in [-0.2, 0) is 32.0 Å². The zero-order valence-electron chi connectivity index (χ0n) is 30.3. The molecule has 3 rings (SSSR count). The summed E-state index contributed by atoms with van der Waals surface area (Å²) in [5.74, 6) is -0.282. The van der Waals surface area contributed by atoms with Crippen LogP contribution >= 0.6 is 0 Å². The van der Waals surface area contributed by atoms with Crippen molar-refractivity contribution in [2.24, 2.45) is 5.92 Å². The molecule has 1 aliphatic heterocycles. The number of Topliss-reactive ketones (excluding diaryl/α,β-unsaturated/α-hetero) is 1. The fraction of sp³-hybridized carbons (Fsp3) is 0.595. The molecule has 10 heteroatoms. The average Bonchev–Trinajstić information content (AvgIpc) is 3.78. The highest BCUT2D eigenvalue weighted by atomic mass is 16.2. The topological polar surface area (TPSA) is 137 Å². The van der Waals surface area contributed by atoms with Crippen molar-refractivity contribution in [1.82, 2.24) is 26.2 Å². The summed E-state index contributed by atoms with van der Waals surface area (Å²) in [6.45, 7) is 20.2. The Labute approximate surface area is 284 Å². The first kappa shape index (κ1) is 45.0. The maximum Gasteiger partial charge on any atom is 0.315 e. The highest BCUT2D eigenvalue weighted by Gasteiger charge is 2.42. The number of urea groups is 1. The molecule has 5 amide bonds. The normalized spacial score (nSPS) is 15.2. The van der Waals surface area contributed by atoms with E-state index in [-0.39, 0.29) is 31.2 Å². The number of benzene rings is 1. The molecule has 2 aliphatic rings. The van der Waals surface area contributed by atoms with Gasteiger partial charge in [-0.3, -0.25) is 19.2 Å². The van der Waals surface area contributed by atoms with Crippen LogP contribution in [0.5, 0.6) is 0 Å². The Morgan fingerprint density at radius 2 is 1.55 bits per heavy atom. The molecule has 0 saturated carbocycles. The molecule has 264 valence electrons. The lowest BCUT2D eigenvalue weighted by molar-refractivity contribution is -0.143. The van der Waals surface area contributed by atoms with Crippen LogP contribution in [0, 0.1) is 18.3 Å². The Hall–Kier alpha value is -4.13. The van der Waals surface area contributed by atoms with Crippen LogP contribution in [0.4, 0.5) is 4.79 Å². The molecule has 0 radical (unpaired) electrons. The maximum atomic E-state index is 13.8. The molecule has 4 N–H and O–H groups in total. The van der Waals surface area contributed by atoms with E-state index >= 15 is 0 Å². The Morgan fingerprint density at radius 3 is 2.04 bits per heavy atom. The minimum absolute atomic E-state index is 0.0877. The number of fused-ring (bicyclic) bond motifs is 1. The molecule has 1 aliphatic carbocycles. The van der Waals surface area contributed by atoms with Crippen molar-refractivity contribution < 1.29 is 24.0 Å². The second kappa shape index (κ2) is 27.0. The fourth-order valence-corrected chi connectivity index (χ4v) is 5.08. The Morgan fingerprint density at radius 1 is 1.00 bits per heavy atom. The van der Waals surface area contributed by atoms with Crippen molar-refractivity contribution in [3.8, 4) is 12.3 Å². The third kappa shape index (κ3) is 14.9. The lowest BCUT2D eigenvalue weighted by Gasteiger charge is -2.32. The molecule has 0 aromatic heterocycles. The van der Waals surface area contributed by atoms with Crippen molar-refractivity contribution >= 4 is 29.5 Å². The summed E-state index contributed by atoms with van der Waals surface area (Å²) in [6, 6.07) is 4.65. The molecule has 1 aromatic carbocycles. The van der Waals surface area contributed by atoms with Gasteiger partial charge in [-0.15, -0.1) is 18.9 Å². The molecule has 10 nitrogen and oxygen atoms in total. The van der Waals surface area contributed by atoms with E-state index in [0.29, 0.717) is 32.2 Å². The third-order valence-corrected chi connectivity index (χ3v) is 7.01. The van der Waals surface area contributed by atoms with Crippen LogP contribution in [0.3, 0.4) is 0 Å². The Bertz CT molecular complexity index is 1120. The summed E-state index contributed by atoms with van der Waals surface area (Å²) < 4.78 is 0. The molecule has 0 bridgehead atoms. The predicted octanol–water partition coefficient (Wildman–Crippen LogP) is 4.95. The van der Waals surface area contributed by atoms with Crippen molar-refractivity contribution in [3.05, 3.63) is 48.0 Å². The van der Waals surface area contributed by atoms with Gasteiger partial charge in [0.25, 0.3) is 5.91 Å². The molecule has 47 heavy (non-hydrogen) atoms. The zero-order valence-corrected chi connectivity index (χ0v) is 30.3. The number of rotatable bonds is 11. The first-order valence-corrected chi connectivity index (χ1v) is 17.2. The molecule has 0 spiro atoms. The summed E-state index contributed by atoms with van der Waals surface area (Å²) in [4.78, 5) is 65.8.